The smallest absolute Gasteiger partial charge is 0.225 e. The Morgan fingerprint density at radius 1 is 1.41 bits per heavy atom. The molecular weight excluding hydrogens is 216 g/mol. The van der Waals surface area contributed by atoms with Crippen LogP contribution in [0.25, 0.3) is 0 Å². The molecule has 1 heterocycles. The van der Waals surface area contributed by atoms with Gasteiger partial charge in [0.05, 0.1) is 12.5 Å². The molecule has 1 saturated heterocycles. The molecule has 1 aromatic carbocycles. The van der Waals surface area contributed by atoms with Gasteiger partial charge in [0.1, 0.15) is 0 Å². The van der Waals surface area contributed by atoms with Crippen LogP contribution in [0.3, 0.4) is 0 Å². The van der Waals surface area contributed by atoms with Crippen molar-refractivity contribution < 1.29 is 9.53 Å². The minimum absolute atomic E-state index is 0.135. The number of nitrogens with one attached hydrogen (secondary N) is 2. The van der Waals surface area contributed by atoms with Crippen molar-refractivity contribution in [2.24, 2.45) is 5.92 Å². The maximum Gasteiger partial charge on any atom is 0.225 e. The van der Waals surface area contributed by atoms with Crippen LogP contribution in [-0.2, 0) is 22.7 Å². The number of methoxy groups -OCH3 is 1. The van der Waals surface area contributed by atoms with E-state index in [1.807, 2.05) is 24.3 Å². The van der Waals surface area contributed by atoms with E-state index >= 15 is 0 Å². The highest BCUT2D eigenvalue weighted by atomic mass is 16.5. The van der Waals surface area contributed by atoms with E-state index in [-0.39, 0.29) is 11.8 Å². The minimum atomic E-state index is 0.135. The molecule has 17 heavy (non-hydrogen) atoms. The number of ether oxygens (including phenoxy) is 1. The maximum atomic E-state index is 11.7. The second-order valence-corrected chi connectivity index (χ2v) is 4.27. The predicted molar refractivity (Wildman–Crippen MR) is 65.4 cm³/mol. The quantitative estimate of drug-likeness (QED) is 0.787. The third-order valence-electron chi connectivity index (χ3n) is 3.02. The lowest BCUT2D eigenvalue weighted by Gasteiger charge is -2.26. The summed E-state index contributed by atoms with van der Waals surface area (Å²) >= 11 is 0. The van der Waals surface area contributed by atoms with Gasteiger partial charge in [0.2, 0.25) is 5.91 Å². The van der Waals surface area contributed by atoms with E-state index in [2.05, 4.69) is 10.6 Å². The highest BCUT2D eigenvalue weighted by Gasteiger charge is 2.24. The molecule has 0 bridgehead atoms. The topological polar surface area (TPSA) is 50.4 Å². The second-order valence-electron chi connectivity index (χ2n) is 4.27. The first-order valence-corrected chi connectivity index (χ1v) is 5.85. The molecule has 0 aromatic heterocycles. The summed E-state index contributed by atoms with van der Waals surface area (Å²) in [6, 6.07) is 8.00. The lowest BCUT2D eigenvalue weighted by molar-refractivity contribution is -0.126. The summed E-state index contributed by atoms with van der Waals surface area (Å²) in [6.07, 6.45) is 0. The maximum absolute atomic E-state index is 11.7. The van der Waals surface area contributed by atoms with Gasteiger partial charge in [-0.1, -0.05) is 24.3 Å². The first-order chi connectivity index (χ1) is 8.31. The molecule has 92 valence electrons. The number of amides is 1. The average Bonchev–Trinajstić information content (AvgIpc) is 2.26. The van der Waals surface area contributed by atoms with Crippen molar-refractivity contribution in [1.29, 1.82) is 0 Å². The Balaban J connectivity index is 1.91. The Labute approximate surface area is 101 Å². The molecule has 0 aliphatic carbocycles. The Bertz CT molecular complexity index is 389. The van der Waals surface area contributed by atoms with Crippen LogP contribution in [0.15, 0.2) is 24.3 Å². The molecule has 1 fully saturated rings. The van der Waals surface area contributed by atoms with Gasteiger partial charge in [-0.15, -0.1) is 0 Å². The Hall–Kier alpha value is -1.39. The number of carbonyl (C=O) groups is 1. The second kappa shape index (κ2) is 5.80. The van der Waals surface area contributed by atoms with Gasteiger partial charge in [-0.3, -0.25) is 4.79 Å². The summed E-state index contributed by atoms with van der Waals surface area (Å²) in [5, 5.41) is 6.06. The van der Waals surface area contributed by atoms with Crippen LogP contribution < -0.4 is 10.6 Å². The first kappa shape index (κ1) is 12.1. The van der Waals surface area contributed by atoms with E-state index in [1.54, 1.807) is 7.11 Å². The molecule has 2 N–H and O–H groups in total. The molecule has 1 aromatic rings. The van der Waals surface area contributed by atoms with Crippen LogP contribution in [-0.4, -0.2) is 26.1 Å². The van der Waals surface area contributed by atoms with Crippen molar-refractivity contribution in [2.45, 2.75) is 13.2 Å². The number of carbonyl (C=O) groups excluding carboxylic acids is 1. The Morgan fingerprint density at radius 2 is 2.12 bits per heavy atom. The summed E-state index contributed by atoms with van der Waals surface area (Å²) < 4.78 is 5.13. The molecule has 0 atom stereocenters. The average molecular weight is 234 g/mol. The lowest BCUT2D eigenvalue weighted by Crippen LogP contribution is -2.50. The molecular formula is C13H18N2O2. The molecule has 1 aliphatic heterocycles. The van der Waals surface area contributed by atoms with Gasteiger partial charge >= 0.3 is 0 Å². The molecule has 0 spiro atoms. The monoisotopic (exact) mass is 234 g/mol. The van der Waals surface area contributed by atoms with Gasteiger partial charge in [-0.25, -0.2) is 0 Å². The minimum Gasteiger partial charge on any atom is -0.380 e. The van der Waals surface area contributed by atoms with Crippen LogP contribution in [0.2, 0.25) is 0 Å². The fraction of sp³-hybridized carbons (Fsp3) is 0.462. The molecule has 1 aliphatic rings. The number of hydrogen-bond donors (Lipinski definition) is 2. The number of benzene rings is 1. The largest absolute Gasteiger partial charge is 0.380 e. The zero-order valence-corrected chi connectivity index (χ0v) is 10.0. The van der Waals surface area contributed by atoms with E-state index in [0.29, 0.717) is 13.2 Å². The van der Waals surface area contributed by atoms with Gasteiger partial charge in [0.25, 0.3) is 0 Å². The molecule has 0 saturated carbocycles. The highest BCUT2D eigenvalue weighted by Crippen LogP contribution is 2.10. The van der Waals surface area contributed by atoms with Crippen LogP contribution in [0.1, 0.15) is 11.1 Å². The van der Waals surface area contributed by atoms with Gasteiger partial charge in [-0.2, -0.15) is 0 Å². The normalized spacial score (nSPS) is 15.4. The van der Waals surface area contributed by atoms with Crippen molar-refractivity contribution in [3.8, 4) is 0 Å². The third-order valence-corrected chi connectivity index (χ3v) is 3.02. The van der Waals surface area contributed by atoms with Gasteiger partial charge in [0.15, 0.2) is 0 Å². The van der Waals surface area contributed by atoms with Crippen LogP contribution in [0, 0.1) is 5.92 Å². The third kappa shape index (κ3) is 3.05. The molecule has 2 rings (SSSR count). The fourth-order valence-electron chi connectivity index (χ4n) is 1.83. The Morgan fingerprint density at radius 3 is 2.71 bits per heavy atom. The molecule has 0 radical (unpaired) electrons. The van der Waals surface area contributed by atoms with Crippen molar-refractivity contribution in [1.82, 2.24) is 10.6 Å². The van der Waals surface area contributed by atoms with Gasteiger partial charge in [-0.05, 0) is 11.1 Å². The van der Waals surface area contributed by atoms with E-state index < -0.39 is 0 Å². The Kier molecular flexibility index (Phi) is 4.12. The van der Waals surface area contributed by atoms with Crippen LogP contribution in [0.4, 0.5) is 0 Å². The van der Waals surface area contributed by atoms with Gasteiger partial charge in [0, 0.05) is 26.7 Å². The molecule has 4 nitrogen and oxygen atoms in total. The highest BCUT2D eigenvalue weighted by molar-refractivity contribution is 5.80. The molecule has 1 amide bonds. The van der Waals surface area contributed by atoms with E-state index in [0.717, 1.165) is 24.2 Å². The predicted octanol–water partition coefficient (Wildman–Crippen LogP) is 0.669. The summed E-state index contributed by atoms with van der Waals surface area (Å²) in [6.45, 7) is 2.75. The lowest BCUT2D eigenvalue weighted by atomic mass is 10.0. The van der Waals surface area contributed by atoms with Crippen molar-refractivity contribution in [2.75, 3.05) is 20.2 Å². The zero-order valence-electron chi connectivity index (χ0n) is 10.0. The summed E-state index contributed by atoms with van der Waals surface area (Å²) in [4.78, 5) is 11.7. The van der Waals surface area contributed by atoms with E-state index in [9.17, 15) is 4.79 Å². The van der Waals surface area contributed by atoms with Crippen molar-refractivity contribution >= 4 is 5.91 Å². The first-order valence-electron chi connectivity index (χ1n) is 5.85. The summed E-state index contributed by atoms with van der Waals surface area (Å²) in [7, 11) is 1.68. The molecule has 0 unspecified atom stereocenters. The van der Waals surface area contributed by atoms with Crippen molar-refractivity contribution in [3.63, 3.8) is 0 Å². The van der Waals surface area contributed by atoms with Crippen molar-refractivity contribution in [3.05, 3.63) is 35.4 Å². The summed E-state index contributed by atoms with van der Waals surface area (Å²) in [5.74, 6) is 0.278. The SMILES string of the molecule is COCc1ccccc1CNC(=O)C1CNC1. The fourth-order valence-corrected chi connectivity index (χ4v) is 1.83. The van der Waals surface area contributed by atoms with Crippen LogP contribution >= 0.6 is 0 Å². The van der Waals surface area contributed by atoms with E-state index in [1.165, 1.54) is 0 Å². The molecule has 4 heteroatoms. The van der Waals surface area contributed by atoms with Gasteiger partial charge < -0.3 is 15.4 Å². The zero-order chi connectivity index (χ0) is 12.1. The van der Waals surface area contributed by atoms with Crippen LogP contribution in [0.5, 0.6) is 0 Å². The standard InChI is InChI=1S/C13H18N2O2/c1-17-9-11-5-3-2-4-10(11)8-15-13(16)12-6-14-7-12/h2-5,12,14H,6-9H2,1H3,(H,15,16). The van der Waals surface area contributed by atoms with E-state index in [4.69, 9.17) is 4.74 Å². The number of hydrogen-bond acceptors (Lipinski definition) is 3. The number of rotatable bonds is 5. The summed E-state index contributed by atoms with van der Waals surface area (Å²) in [5.41, 5.74) is 2.25.